The van der Waals surface area contributed by atoms with Crippen LogP contribution < -0.4 is 16.2 Å². The third-order valence-corrected chi connectivity index (χ3v) is 8.90. The lowest BCUT2D eigenvalue weighted by molar-refractivity contribution is -0.137. The fourth-order valence-corrected chi connectivity index (χ4v) is 6.35. The topological polar surface area (TPSA) is 122 Å². The first kappa shape index (κ1) is 28.5. The summed E-state index contributed by atoms with van der Waals surface area (Å²) < 4.78 is 3.86. The SMILES string of the molecule is O=C(O)CCc1ccc(NC(=O)C2(NC(=O)c3ccc4c(c3)c(=O)n(-c3ccccc3)n4C3CCCCC3)CCC2)cc1. The second kappa shape index (κ2) is 11.9. The minimum atomic E-state index is -1.04. The molecule has 0 aliphatic heterocycles. The summed E-state index contributed by atoms with van der Waals surface area (Å²) in [5, 5.41) is 15.3. The quantitative estimate of drug-likeness (QED) is 0.238. The lowest BCUT2D eigenvalue weighted by Gasteiger charge is -2.40. The molecule has 0 spiro atoms. The summed E-state index contributed by atoms with van der Waals surface area (Å²) in [7, 11) is 0. The highest BCUT2D eigenvalue weighted by molar-refractivity contribution is 6.05. The first-order valence-electron chi connectivity index (χ1n) is 15.1. The van der Waals surface area contributed by atoms with Crippen molar-refractivity contribution in [2.75, 3.05) is 5.32 Å². The van der Waals surface area contributed by atoms with Crippen molar-refractivity contribution in [2.24, 2.45) is 0 Å². The van der Waals surface area contributed by atoms with Crippen LogP contribution in [0.3, 0.4) is 0 Å². The average molecular weight is 581 g/mol. The Bertz CT molecular complexity index is 1710. The van der Waals surface area contributed by atoms with E-state index in [0.717, 1.165) is 48.9 Å². The van der Waals surface area contributed by atoms with Gasteiger partial charge in [-0.3, -0.25) is 23.9 Å². The van der Waals surface area contributed by atoms with Crippen molar-refractivity contribution in [2.45, 2.75) is 75.8 Å². The van der Waals surface area contributed by atoms with Crippen LogP contribution in [0.5, 0.6) is 0 Å². The number of hydrogen-bond acceptors (Lipinski definition) is 4. The second-order valence-electron chi connectivity index (χ2n) is 11.8. The van der Waals surface area contributed by atoms with Crippen molar-refractivity contribution in [3.63, 3.8) is 0 Å². The molecular formula is C34H36N4O5. The molecule has 9 heteroatoms. The first-order chi connectivity index (χ1) is 20.8. The molecule has 4 aromatic rings. The molecule has 0 unspecified atom stereocenters. The Morgan fingerprint density at radius 2 is 1.60 bits per heavy atom. The number of hydrogen-bond donors (Lipinski definition) is 3. The third-order valence-electron chi connectivity index (χ3n) is 8.90. The van der Waals surface area contributed by atoms with Gasteiger partial charge in [0.15, 0.2) is 0 Å². The highest BCUT2D eigenvalue weighted by Gasteiger charge is 2.45. The molecule has 6 rings (SSSR count). The molecule has 0 atom stereocenters. The van der Waals surface area contributed by atoms with Gasteiger partial charge in [-0.1, -0.05) is 49.6 Å². The van der Waals surface area contributed by atoms with E-state index in [0.29, 0.717) is 35.9 Å². The normalized spacial score (nSPS) is 16.4. The standard InChI is InChI=1S/C34H36N4O5/c39-30(40)19-14-23-12-16-25(17-13-23)35-33(43)34(20-7-21-34)36-31(41)24-15-18-29-28(22-24)32(42)38(27-10-5-2-6-11-27)37(29)26-8-3-1-4-9-26/h2,5-6,10-13,15-18,22,26H,1,3-4,7-9,14,19-21H2,(H,35,43)(H,36,41)(H,39,40). The number of para-hydroxylation sites is 1. The van der Waals surface area contributed by atoms with Crippen LogP contribution in [-0.2, 0) is 16.0 Å². The van der Waals surface area contributed by atoms with Crippen molar-refractivity contribution in [1.82, 2.24) is 14.7 Å². The summed E-state index contributed by atoms with van der Waals surface area (Å²) >= 11 is 0. The van der Waals surface area contributed by atoms with E-state index in [1.165, 1.54) is 6.42 Å². The van der Waals surface area contributed by atoms with Crippen molar-refractivity contribution in [3.8, 4) is 5.69 Å². The molecule has 222 valence electrons. The van der Waals surface area contributed by atoms with E-state index in [-0.39, 0.29) is 23.9 Å². The third kappa shape index (κ3) is 5.71. The molecule has 3 aromatic carbocycles. The Hall–Kier alpha value is -4.66. The number of anilines is 1. The zero-order chi connectivity index (χ0) is 30.0. The van der Waals surface area contributed by atoms with Gasteiger partial charge in [-0.2, -0.15) is 0 Å². The molecule has 2 aliphatic rings. The van der Waals surface area contributed by atoms with Gasteiger partial charge in [0.1, 0.15) is 5.54 Å². The molecule has 3 N–H and O–H groups in total. The summed E-state index contributed by atoms with van der Waals surface area (Å²) in [5.74, 6) is -1.54. The van der Waals surface area contributed by atoms with Crippen molar-refractivity contribution in [3.05, 3.63) is 94.3 Å². The van der Waals surface area contributed by atoms with Crippen LogP contribution in [-0.4, -0.2) is 37.8 Å². The van der Waals surface area contributed by atoms with Gasteiger partial charge in [0.25, 0.3) is 11.5 Å². The maximum absolute atomic E-state index is 13.8. The number of carbonyl (C=O) groups is 3. The average Bonchev–Trinajstić information content (AvgIpc) is 3.30. The van der Waals surface area contributed by atoms with Crippen molar-refractivity contribution in [1.29, 1.82) is 0 Å². The Kier molecular flexibility index (Phi) is 7.88. The molecular weight excluding hydrogens is 544 g/mol. The number of nitrogens with one attached hydrogen (secondary N) is 2. The molecule has 1 heterocycles. The van der Waals surface area contributed by atoms with Crippen LogP contribution in [0.4, 0.5) is 5.69 Å². The van der Waals surface area contributed by atoms with E-state index < -0.39 is 17.4 Å². The van der Waals surface area contributed by atoms with Crippen LogP contribution in [0.2, 0.25) is 0 Å². The molecule has 0 radical (unpaired) electrons. The molecule has 1 aromatic heterocycles. The maximum atomic E-state index is 13.8. The number of benzene rings is 3. The predicted molar refractivity (Wildman–Crippen MR) is 165 cm³/mol. The zero-order valence-electron chi connectivity index (χ0n) is 24.1. The number of carboxylic acid groups (broad SMARTS) is 1. The maximum Gasteiger partial charge on any atom is 0.303 e. The van der Waals surface area contributed by atoms with Gasteiger partial charge in [0.2, 0.25) is 5.91 Å². The van der Waals surface area contributed by atoms with E-state index in [2.05, 4.69) is 15.3 Å². The molecule has 2 saturated carbocycles. The van der Waals surface area contributed by atoms with Gasteiger partial charge in [-0.25, -0.2) is 4.68 Å². The smallest absolute Gasteiger partial charge is 0.303 e. The first-order valence-corrected chi connectivity index (χ1v) is 15.1. The van der Waals surface area contributed by atoms with Crippen molar-refractivity contribution >= 4 is 34.4 Å². The minimum Gasteiger partial charge on any atom is -0.481 e. The summed E-state index contributed by atoms with van der Waals surface area (Å²) in [5.41, 5.74) is 2.19. The van der Waals surface area contributed by atoms with Gasteiger partial charge >= 0.3 is 5.97 Å². The monoisotopic (exact) mass is 580 g/mol. The Labute approximate surface area is 249 Å². The molecule has 43 heavy (non-hydrogen) atoms. The van der Waals surface area contributed by atoms with E-state index in [1.807, 2.05) is 36.4 Å². The van der Waals surface area contributed by atoms with E-state index in [1.54, 1.807) is 41.1 Å². The number of carbonyl (C=O) groups excluding carboxylic acids is 2. The van der Waals surface area contributed by atoms with Gasteiger partial charge in [0.05, 0.1) is 22.6 Å². The number of aromatic nitrogens is 2. The summed E-state index contributed by atoms with van der Waals surface area (Å²) in [6, 6.07) is 22.1. The van der Waals surface area contributed by atoms with Crippen LogP contribution in [0.1, 0.15) is 79.8 Å². The van der Waals surface area contributed by atoms with Gasteiger partial charge in [-0.05, 0) is 86.6 Å². The predicted octanol–water partition coefficient (Wildman–Crippen LogP) is 5.61. The molecule has 2 aliphatic carbocycles. The Morgan fingerprint density at radius 3 is 2.26 bits per heavy atom. The zero-order valence-corrected chi connectivity index (χ0v) is 24.1. The largest absolute Gasteiger partial charge is 0.481 e. The van der Waals surface area contributed by atoms with Crippen molar-refractivity contribution < 1.29 is 19.5 Å². The number of aliphatic carboxylic acids is 1. The highest BCUT2D eigenvalue weighted by atomic mass is 16.4. The van der Waals surface area contributed by atoms with E-state index in [4.69, 9.17) is 5.11 Å². The Balaban J connectivity index is 1.25. The summed E-state index contributed by atoms with van der Waals surface area (Å²) in [6.45, 7) is 0. The molecule has 0 saturated heterocycles. The number of rotatable bonds is 9. The van der Waals surface area contributed by atoms with E-state index >= 15 is 0 Å². The Morgan fingerprint density at radius 1 is 0.884 bits per heavy atom. The number of aryl methyl sites for hydroxylation is 1. The molecule has 9 nitrogen and oxygen atoms in total. The fourth-order valence-electron chi connectivity index (χ4n) is 6.35. The van der Waals surface area contributed by atoms with Crippen LogP contribution in [0, 0.1) is 0 Å². The van der Waals surface area contributed by atoms with Crippen LogP contribution in [0.15, 0.2) is 77.6 Å². The molecule has 0 bridgehead atoms. The van der Waals surface area contributed by atoms with Crippen LogP contribution in [0.25, 0.3) is 16.6 Å². The number of nitrogens with zero attached hydrogens (tertiary/aromatic N) is 2. The lowest BCUT2D eigenvalue weighted by Crippen LogP contribution is -2.61. The summed E-state index contributed by atoms with van der Waals surface area (Å²) in [4.78, 5) is 51.6. The summed E-state index contributed by atoms with van der Waals surface area (Å²) in [6.07, 6.45) is 7.73. The fraction of sp³-hybridized carbons (Fsp3) is 0.353. The van der Waals surface area contributed by atoms with Crippen LogP contribution >= 0.6 is 0 Å². The minimum absolute atomic E-state index is 0.0397. The van der Waals surface area contributed by atoms with Gasteiger partial charge in [-0.15, -0.1) is 0 Å². The van der Waals surface area contributed by atoms with Gasteiger partial charge < -0.3 is 15.7 Å². The molecule has 2 fully saturated rings. The highest BCUT2D eigenvalue weighted by Crippen LogP contribution is 2.35. The number of carboxylic acids is 1. The van der Waals surface area contributed by atoms with Gasteiger partial charge in [0, 0.05) is 17.7 Å². The number of amides is 2. The second-order valence-corrected chi connectivity index (χ2v) is 11.8. The lowest BCUT2D eigenvalue weighted by atomic mass is 9.75. The van der Waals surface area contributed by atoms with E-state index in [9.17, 15) is 19.2 Å². The number of fused-ring (bicyclic) bond motifs is 1. The molecule has 2 amide bonds.